The number of halogens is 2. The number of ether oxygens (including phenoxy) is 3. The molecular weight excluding hydrogens is 545 g/mol. The first-order chi connectivity index (χ1) is 18.5. The Morgan fingerprint density at radius 3 is 2.39 bits per heavy atom. The minimum Gasteiger partial charge on any atom is -0.489 e. The molecule has 0 spiro atoms. The third-order valence-electron chi connectivity index (χ3n) is 7.76. The van der Waals surface area contributed by atoms with Crippen molar-refractivity contribution in [2.45, 2.75) is 45.5 Å². The van der Waals surface area contributed by atoms with Crippen LogP contribution in [0.4, 0.5) is 10.1 Å². The van der Waals surface area contributed by atoms with Crippen LogP contribution < -0.4 is 9.64 Å². The molecule has 200 valence electrons. The summed E-state index contributed by atoms with van der Waals surface area (Å²) in [6.45, 7) is 4.25. The van der Waals surface area contributed by atoms with E-state index in [1.807, 2.05) is 31.2 Å². The van der Waals surface area contributed by atoms with Crippen molar-refractivity contribution < 1.29 is 18.6 Å². The van der Waals surface area contributed by atoms with E-state index in [1.54, 1.807) is 20.3 Å². The van der Waals surface area contributed by atoms with Crippen LogP contribution in [0.15, 0.2) is 65.1 Å². The van der Waals surface area contributed by atoms with Crippen LogP contribution in [0.5, 0.6) is 5.75 Å². The maximum Gasteiger partial charge on any atom is 0.159 e. The number of hydrogen-bond acceptors (Lipinski definition) is 4. The summed E-state index contributed by atoms with van der Waals surface area (Å²) in [4.78, 5) is 2.27. The van der Waals surface area contributed by atoms with Crippen LogP contribution >= 0.6 is 15.9 Å². The van der Waals surface area contributed by atoms with Gasteiger partial charge in [0.2, 0.25) is 0 Å². The zero-order valence-electron chi connectivity index (χ0n) is 22.3. The van der Waals surface area contributed by atoms with E-state index in [-0.39, 0.29) is 12.1 Å². The maximum atomic E-state index is 15.9. The van der Waals surface area contributed by atoms with Gasteiger partial charge in [-0.1, -0.05) is 52.3 Å². The first-order valence-electron chi connectivity index (χ1n) is 13.3. The van der Waals surface area contributed by atoms with Gasteiger partial charge in [-0.2, -0.15) is 0 Å². The summed E-state index contributed by atoms with van der Waals surface area (Å²) in [5.74, 6) is 1.01. The van der Waals surface area contributed by atoms with Gasteiger partial charge in [0.15, 0.2) is 6.29 Å². The summed E-state index contributed by atoms with van der Waals surface area (Å²) in [6, 6.07) is 20.2. The Hall–Kier alpha value is -2.67. The van der Waals surface area contributed by atoms with Crippen molar-refractivity contribution in [2.75, 3.05) is 32.2 Å². The fourth-order valence-corrected chi connectivity index (χ4v) is 6.38. The first kappa shape index (κ1) is 26.9. The second-order valence-corrected chi connectivity index (χ2v) is 11.1. The molecule has 5 rings (SSSR count). The van der Waals surface area contributed by atoms with Crippen molar-refractivity contribution in [3.63, 3.8) is 0 Å². The Morgan fingerprint density at radius 1 is 0.974 bits per heavy atom. The van der Waals surface area contributed by atoms with Crippen molar-refractivity contribution in [1.82, 2.24) is 0 Å². The predicted molar refractivity (Wildman–Crippen MR) is 154 cm³/mol. The average Bonchev–Trinajstić information content (AvgIpc) is 2.94. The van der Waals surface area contributed by atoms with Gasteiger partial charge in [0.05, 0.1) is 0 Å². The highest BCUT2D eigenvalue weighted by atomic mass is 79.9. The quantitative estimate of drug-likeness (QED) is 0.256. The number of methoxy groups -OCH3 is 2. The van der Waals surface area contributed by atoms with Crippen LogP contribution in [-0.4, -0.2) is 33.6 Å². The van der Waals surface area contributed by atoms with E-state index in [1.165, 1.54) is 5.56 Å². The van der Waals surface area contributed by atoms with Gasteiger partial charge in [-0.15, -0.1) is 0 Å². The van der Waals surface area contributed by atoms with Crippen LogP contribution in [0, 0.1) is 18.7 Å². The lowest BCUT2D eigenvalue weighted by atomic mass is 9.84. The molecule has 6 heteroatoms. The van der Waals surface area contributed by atoms with Gasteiger partial charge in [0, 0.05) is 54.5 Å². The normalized spacial score (nSPS) is 16.2. The summed E-state index contributed by atoms with van der Waals surface area (Å²) >= 11 is 3.79. The molecule has 1 heterocycles. The van der Waals surface area contributed by atoms with Gasteiger partial charge in [-0.3, -0.25) is 0 Å². The van der Waals surface area contributed by atoms with Crippen LogP contribution in [0.1, 0.15) is 47.1 Å². The molecule has 0 bridgehead atoms. The van der Waals surface area contributed by atoms with Gasteiger partial charge in [-0.25, -0.2) is 4.39 Å². The van der Waals surface area contributed by atoms with Crippen molar-refractivity contribution in [3.8, 4) is 5.75 Å². The number of allylic oxidation sites excluding steroid dienone is 1. The molecule has 1 aliphatic heterocycles. The van der Waals surface area contributed by atoms with Gasteiger partial charge >= 0.3 is 0 Å². The second kappa shape index (κ2) is 12.0. The zero-order valence-corrected chi connectivity index (χ0v) is 23.9. The highest BCUT2D eigenvalue weighted by molar-refractivity contribution is 9.11. The highest BCUT2D eigenvalue weighted by Gasteiger charge is 2.28. The molecule has 0 unspecified atom stereocenters. The molecule has 0 N–H and O–H groups in total. The number of hydrogen-bond donors (Lipinski definition) is 0. The summed E-state index contributed by atoms with van der Waals surface area (Å²) in [6.07, 6.45) is 3.44. The molecule has 1 fully saturated rings. The topological polar surface area (TPSA) is 30.9 Å². The molecule has 1 saturated heterocycles. The molecule has 3 aromatic carbocycles. The van der Waals surface area contributed by atoms with Crippen molar-refractivity contribution >= 4 is 27.2 Å². The fourth-order valence-electron chi connectivity index (χ4n) is 5.77. The van der Waals surface area contributed by atoms with Crippen molar-refractivity contribution in [3.05, 3.63) is 98.8 Å². The molecular formula is C32H35BrFNO3. The predicted octanol–water partition coefficient (Wildman–Crippen LogP) is 7.65. The third-order valence-corrected chi connectivity index (χ3v) is 8.55. The molecule has 0 saturated carbocycles. The number of fused-ring (bicyclic) bond motifs is 1. The molecule has 0 radical (unpaired) electrons. The lowest BCUT2D eigenvalue weighted by Crippen LogP contribution is -2.39. The van der Waals surface area contributed by atoms with E-state index in [0.717, 1.165) is 77.0 Å². The minimum atomic E-state index is -0.182. The number of aryl methyl sites for hydroxylation is 2. The van der Waals surface area contributed by atoms with Gasteiger partial charge in [-0.05, 0) is 79.1 Å². The van der Waals surface area contributed by atoms with E-state index in [0.29, 0.717) is 18.1 Å². The third kappa shape index (κ3) is 5.68. The standard InChI is InChI=1S/C32H35BrFNO3/c1-21-17-25(35-15-13-23(14-16-35)32(36-2)37-3)19-29(34)30(21)31-27-11-10-26(18-24(27)9-12-28(31)33)38-20-22-7-5-4-6-8-22/h4-8,10-11,17-19,23,32H,9,12-16,20H2,1-3H3. The Labute approximate surface area is 233 Å². The van der Waals surface area contributed by atoms with E-state index in [2.05, 4.69) is 51.2 Å². The average molecular weight is 581 g/mol. The van der Waals surface area contributed by atoms with E-state index in [9.17, 15) is 0 Å². The van der Waals surface area contributed by atoms with Crippen LogP contribution in [-0.2, 0) is 22.5 Å². The highest BCUT2D eigenvalue weighted by Crippen LogP contribution is 2.43. The number of rotatable bonds is 8. The lowest BCUT2D eigenvalue weighted by molar-refractivity contribution is -0.141. The Bertz CT molecular complexity index is 1270. The minimum absolute atomic E-state index is 0.182. The van der Waals surface area contributed by atoms with Gasteiger partial charge in [0.25, 0.3) is 0 Å². The summed E-state index contributed by atoms with van der Waals surface area (Å²) in [5, 5.41) is 0. The largest absolute Gasteiger partial charge is 0.489 e. The van der Waals surface area contributed by atoms with Gasteiger partial charge < -0.3 is 19.1 Å². The number of anilines is 1. The SMILES string of the molecule is COC(OC)C1CCN(c2cc(C)c(C3=C(Br)CCc4cc(OCc5ccccc5)ccc43)c(F)c2)CC1. The van der Waals surface area contributed by atoms with Crippen LogP contribution in [0.25, 0.3) is 5.57 Å². The monoisotopic (exact) mass is 579 g/mol. The van der Waals surface area contributed by atoms with E-state index < -0.39 is 0 Å². The summed E-state index contributed by atoms with van der Waals surface area (Å²) in [7, 11) is 3.37. The Kier molecular flexibility index (Phi) is 8.51. The number of piperidine rings is 1. The smallest absolute Gasteiger partial charge is 0.159 e. The zero-order chi connectivity index (χ0) is 26.6. The summed E-state index contributed by atoms with van der Waals surface area (Å²) in [5.41, 5.74) is 6.88. The van der Waals surface area contributed by atoms with Crippen LogP contribution in [0.3, 0.4) is 0 Å². The molecule has 0 aromatic heterocycles. The summed E-state index contributed by atoms with van der Waals surface area (Å²) < 4.78 is 33.9. The Balaban J connectivity index is 1.36. The molecule has 4 nitrogen and oxygen atoms in total. The number of nitrogens with zero attached hydrogens (tertiary/aromatic N) is 1. The van der Waals surface area contributed by atoms with E-state index >= 15 is 4.39 Å². The first-order valence-corrected chi connectivity index (χ1v) is 14.1. The maximum absolute atomic E-state index is 15.9. The molecule has 3 aromatic rings. The Morgan fingerprint density at radius 2 is 1.71 bits per heavy atom. The fraction of sp³-hybridized carbons (Fsp3) is 0.375. The molecule has 0 amide bonds. The van der Waals surface area contributed by atoms with E-state index in [4.69, 9.17) is 14.2 Å². The van der Waals surface area contributed by atoms with Crippen LogP contribution in [0.2, 0.25) is 0 Å². The number of benzene rings is 3. The second-order valence-electron chi connectivity index (χ2n) is 10.2. The molecule has 0 atom stereocenters. The molecule has 2 aliphatic rings. The van der Waals surface area contributed by atoms with Gasteiger partial charge in [0.1, 0.15) is 18.2 Å². The molecule has 1 aliphatic carbocycles. The molecule has 38 heavy (non-hydrogen) atoms. The van der Waals surface area contributed by atoms with Crippen molar-refractivity contribution in [1.29, 1.82) is 0 Å². The van der Waals surface area contributed by atoms with Crippen molar-refractivity contribution in [2.24, 2.45) is 5.92 Å². The lowest BCUT2D eigenvalue weighted by Gasteiger charge is -2.36.